The fraction of sp³-hybridized carbons (Fsp3) is 0.500. The summed E-state index contributed by atoms with van der Waals surface area (Å²) < 4.78 is 7.58. The van der Waals surface area contributed by atoms with E-state index in [1.807, 2.05) is 29.9 Å². The molecular weight excluding hydrogens is 276 g/mol. The van der Waals surface area contributed by atoms with Crippen LogP contribution in [0.4, 0.5) is 0 Å². The number of ether oxygens (including phenoxy) is 1. The summed E-state index contributed by atoms with van der Waals surface area (Å²) in [5.74, 6) is 0. The van der Waals surface area contributed by atoms with Crippen molar-refractivity contribution >= 4 is 30.6 Å². The largest absolute Gasteiger partial charge is 0.360 e. The normalized spacial score (nSPS) is 12.3. The van der Waals surface area contributed by atoms with Gasteiger partial charge in [0.25, 0.3) is 0 Å². The zero-order valence-corrected chi connectivity index (χ0v) is 13.8. The molecule has 3 nitrogen and oxygen atoms in total. The fourth-order valence-corrected chi connectivity index (χ4v) is 2.89. The molecule has 19 heavy (non-hydrogen) atoms. The first-order chi connectivity index (χ1) is 8.88. The highest BCUT2D eigenvalue weighted by Gasteiger charge is 2.13. The maximum Gasteiger partial charge on any atom is 0.140 e. The molecular formula is C14H21ClN2OSi. The Morgan fingerprint density at radius 3 is 2.74 bits per heavy atom. The van der Waals surface area contributed by atoms with Crippen LogP contribution in [0.5, 0.6) is 0 Å². The van der Waals surface area contributed by atoms with Crippen LogP contribution in [0.1, 0.15) is 5.56 Å². The molecule has 0 aliphatic rings. The molecule has 0 saturated heterocycles. The Morgan fingerprint density at radius 1 is 1.32 bits per heavy atom. The van der Waals surface area contributed by atoms with Crippen LogP contribution in [0, 0.1) is 6.92 Å². The first-order valence-corrected chi connectivity index (χ1v) is 10.7. The van der Waals surface area contributed by atoms with Crippen LogP contribution < -0.4 is 0 Å². The van der Waals surface area contributed by atoms with E-state index >= 15 is 0 Å². The summed E-state index contributed by atoms with van der Waals surface area (Å²) in [4.78, 5) is 0. The molecule has 1 aromatic heterocycles. The first kappa shape index (κ1) is 14.6. The van der Waals surface area contributed by atoms with Crippen LogP contribution in [-0.4, -0.2) is 24.5 Å². The Balaban J connectivity index is 2.07. The van der Waals surface area contributed by atoms with Crippen LogP contribution in [-0.2, 0) is 11.5 Å². The maximum absolute atomic E-state index is 6.35. The SMILES string of the molecule is Cc1ccc2cnn(COCC[Si](C)(C)C)c2c1Cl. The van der Waals surface area contributed by atoms with Crippen molar-refractivity contribution in [3.63, 3.8) is 0 Å². The summed E-state index contributed by atoms with van der Waals surface area (Å²) in [6.07, 6.45) is 1.84. The number of hydrogen-bond donors (Lipinski definition) is 0. The number of fused-ring (bicyclic) bond motifs is 1. The van der Waals surface area contributed by atoms with E-state index in [4.69, 9.17) is 16.3 Å². The quantitative estimate of drug-likeness (QED) is 0.607. The maximum atomic E-state index is 6.35. The van der Waals surface area contributed by atoms with E-state index in [2.05, 4.69) is 24.7 Å². The van der Waals surface area contributed by atoms with Gasteiger partial charge in [0, 0.05) is 20.1 Å². The van der Waals surface area contributed by atoms with Crippen LogP contribution in [0.15, 0.2) is 18.3 Å². The molecule has 0 fully saturated rings. The topological polar surface area (TPSA) is 27.1 Å². The van der Waals surface area contributed by atoms with E-state index in [9.17, 15) is 0 Å². The lowest BCUT2D eigenvalue weighted by molar-refractivity contribution is 0.0817. The van der Waals surface area contributed by atoms with Gasteiger partial charge in [0.15, 0.2) is 0 Å². The second-order valence-electron chi connectivity index (χ2n) is 6.13. The second kappa shape index (κ2) is 5.65. The lowest BCUT2D eigenvalue weighted by Crippen LogP contribution is -2.22. The van der Waals surface area contributed by atoms with Gasteiger partial charge in [-0.15, -0.1) is 0 Å². The molecule has 1 heterocycles. The molecule has 0 atom stereocenters. The minimum atomic E-state index is -1.03. The zero-order valence-electron chi connectivity index (χ0n) is 12.0. The summed E-state index contributed by atoms with van der Waals surface area (Å²) in [5.41, 5.74) is 2.03. The number of aromatic nitrogens is 2. The number of nitrogens with zero attached hydrogens (tertiary/aromatic N) is 2. The minimum Gasteiger partial charge on any atom is -0.360 e. The highest BCUT2D eigenvalue weighted by Crippen LogP contribution is 2.26. The van der Waals surface area contributed by atoms with Gasteiger partial charge in [-0.1, -0.05) is 43.4 Å². The fourth-order valence-electron chi connectivity index (χ4n) is 1.86. The summed E-state index contributed by atoms with van der Waals surface area (Å²) in [5, 5.41) is 6.18. The van der Waals surface area contributed by atoms with E-state index in [1.54, 1.807) is 0 Å². The summed E-state index contributed by atoms with van der Waals surface area (Å²) in [6, 6.07) is 5.23. The van der Waals surface area contributed by atoms with E-state index in [0.29, 0.717) is 6.73 Å². The van der Waals surface area contributed by atoms with Crippen LogP contribution in [0.3, 0.4) is 0 Å². The van der Waals surface area contributed by atoms with Gasteiger partial charge < -0.3 is 4.74 Å². The highest BCUT2D eigenvalue weighted by molar-refractivity contribution is 6.76. The van der Waals surface area contributed by atoms with Crippen LogP contribution >= 0.6 is 11.6 Å². The van der Waals surface area contributed by atoms with Crippen molar-refractivity contribution < 1.29 is 4.74 Å². The van der Waals surface area contributed by atoms with Crippen molar-refractivity contribution in [3.8, 4) is 0 Å². The Labute approximate surface area is 120 Å². The van der Waals surface area contributed by atoms with Crippen molar-refractivity contribution in [1.82, 2.24) is 9.78 Å². The molecule has 104 valence electrons. The summed E-state index contributed by atoms with van der Waals surface area (Å²) >= 11 is 6.35. The smallest absolute Gasteiger partial charge is 0.140 e. The molecule has 0 radical (unpaired) electrons. The van der Waals surface area contributed by atoms with Gasteiger partial charge in [-0.05, 0) is 18.5 Å². The summed E-state index contributed by atoms with van der Waals surface area (Å²) in [6.45, 7) is 10.3. The molecule has 0 spiro atoms. The third-order valence-electron chi connectivity index (χ3n) is 3.14. The number of hydrogen-bond acceptors (Lipinski definition) is 2. The highest BCUT2D eigenvalue weighted by atomic mass is 35.5. The van der Waals surface area contributed by atoms with Gasteiger partial charge in [-0.25, -0.2) is 4.68 Å². The average Bonchev–Trinajstić information content (AvgIpc) is 2.72. The monoisotopic (exact) mass is 296 g/mol. The lowest BCUT2D eigenvalue weighted by atomic mass is 10.2. The van der Waals surface area contributed by atoms with Crippen molar-refractivity contribution in [2.45, 2.75) is 39.3 Å². The number of benzene rings is 1. The van der Waals surface area contributed by atoms with E-state index in [0.717, 1.165) is 28.1 Å². The third kappa shape index (κ3) is 3.59. The van der Waals surface area contributed by atoms with Crippen molar-refractivity contribution in [1.29, 1.82) is 0 Å². The molecule has 0 amide bonds. The molecule has 0 unspecified atom stereocenters. The Kier molecular flexibility index (Phi) is 4.33. The average molecular weight is 297 g/mol. The number of halogens is 1. The van der Waals surface area contributed by atoms with Gasteiger partial charge in [0.1, 0.15) is 6.73 Å². The molecule has 0 aliphatic carbocycles. The Bertz CT molecular complexity index is 575. The minimum absolute atomic E-state index is 0.469. The Morgan fingerprint density at radius 2 is 2.05 bits per heavy atom. The predicted octanol–water partition coefficient (Wildman–Crippen LogP) is 4.31. The molecule has 1 aromatic carbocycles. The molecule has 2 rings (SSSR count). The van der Waals surface area contributed by atoms with Gasteiger partial charge in [-0.3, -0.25) is 0 Å². The van der Waals surface area contributed by atoms with Crippen molar-refractivity contribution in [2.24, 2.45) is 0 Å². The van der Waals surface area contributed by atoms with Gasteiger partial charge in [0.2, 0.25) is 0 Å². The zero-order chi connectivity index (χ0) is 14.0. The predicted molar refractivity (Wildman–Crippen MR) is 83.6 cm³/mol. The molecule has 0 N–H and O–H groups in total. The van der Waals surface area contributed by atoms with E-state index in [1.165, 1.54) is 6.04 Å². The van der Waals surface area contributed by atoms with E-state index < -0.39 is 8.07 Å². The molecule has 0 saturated carbocycles. The van der Waals surface area contributed by atoms with Gasteiger partial charge >= 0.3 is 0 Å². The molecule has 5 heteroatoms. The number of aryl methyl sites for hydroxylation is 1. The Hall–Kier alpha value is -0.843. The van der Waals surface area contributed by atoms with Gasteiger partial charge in [-0.2, -0.15) is 5.10 Å². The van der Waals surface area contributed by atoms with Crippen LogP contribution in [0.25, 0.3) is 10.9 Å². The van der Waals surface area contributed by atoms with Gasteiger partial charge in [0.05, 0.1) is 16.7 Å². The molecule has 2 aromatic rings. The molecule has 0 bridgehead atoms. The van der Waals surface area contributed by atoms with E-state index in [-0.39, 0.29) is 0 Å². The third-order valence-corrected chi connectivity index (χ3v) is 5.33. The summed E-state index contributed by atoms with van der Waals surface area (Å²) in [7, 11) is -1.03. The van der Waals surface area contributed by atoms with Crippen molar-refractivity contribution in [3.05, 3.63) is 28.9 Å². The number of rotatable bonds is 5. The first-order valence-electron chi connectivity index (χ1n) is 6.57. The standard InChI is InChI=1S/C14H21ClN2OSi/c1-11-5-6-12-9-16-17(14(12)13(11)15)10-18-7-8-19(2,3)4/h5-6,9H,7-8,10H2,1-4H3. The van der Waals surface area contributed by atoms with Crippen molar-refractivity contribution in [2.75, 3.05) is 6.61 Å². The lowest BCUT2D eigenvalue weighted by Gasteiger charge is -2.15. The second-order valence-corrected chi connectivity index (χ2v) is 12.1. The van der Waals surface area contributed by atoms with Crippen LogP contribution in [0.2, 0.25) is 30.7 Å². The molecule has 0 aliphatic heterocycles.